The lowest BCUT2D eigenvalue weighted by atomic mass is 10.2. The molecule has 0 spiro atoms. The van der Waals surface area contributed by atoms with Crippen molar-refractivity contribution in [2.45, 2.75) is 0 Å². The molecule has 1 aromatic carbocycles. The van der Waals surface area contributed by atoms with Gasteiger partial charge in [0.2, 0.25) is 0 Å². The summed E-state index contributed by atoms with van der Waals surface area (Å²) in [7, 11) is 0. The average Bonchev–Trinajstić information content (AvgIpc) is 2.85. The van der Waals surface area contributed by atoms with Crippen molar-refractivity contribution in [1.82, 2.24) is 9.55 Å². The first-order valence-electron chi connectivity index (χ1n) is 4.31. The standard InChI is InChI=1S/C11H7N2S/c1-2-4-10-9(3-1)5-6-13(10)11-7-14-8-12-11/h2-8H. The molecule has 0 amide bonds. The molecule has 3 aromatic rings. The number of hydrogen-bond donors (Lipinski definition) is 0. The molecule has 0 unspecified atom stereocenters. The van der Waals surface area contributed by atoms with Crippen LogP contribution in [0.3, 0.4) is 0 Å². The lowest BCUT2D eigenvalue weighted by Crippen LogP contribution is -1.90. The molecule has 0 saturated heterocycles. The maximum atomic E-state index is 4.28. The maximum absolute atomic E-state index is 4.28. The Morgan fingerprint density at radius 1 is 1.36 bits per heavy atom. The van der Waals surface area contributed by atoms with Gasteiger partial charge in [0, 0.05) is 17.0 Å². The average molecular weight is 199 g/mol. The van der Waals surface area contributed by atoms with E-state index in [2.05, 4.69) is 27.8 Å². The summed E-state index contributed by atoms with van der Waals surface area (Å²) in [5, 5.41) is 3.23. The van der Waals surface area contributed by atoms with Crippen LogP contribution in [0, 0.1) is 6.07 Å². The van der Waals surface area contributed by atoms with Crippen molar-refractivity contribution in [3.05, 3.63) is 47.4 Å². The number of aromatic nitrogens is 2. The van der Waals surface area contributed by atoms with Gasteiger partial charge >= 0.3 is 0 Å². The molecule has 0 aliphatic carbocycles. The summed E-state index contributed by atoms with van der Waals surface area (Å²) in [6, 6.07) is 11.1. The number of nitrogens with zero attached hydrogens (tertiary/aromatic N) is 2. The van der Waals surface area contributed by atoms with E-state index in [-0.39, 0.29) is 0 Å². The van der Waals surface area contributed by atoms with Crippen molar-refractivity contribution >= 4 is 22.2 Å². The van der Waals surface area contributed by atoms with Crippen molar-refractivity contribution in [3.63, 3.8) is 0 Å². The third-order valence-electron chi connectivity index (χ3n) is 2.20. The van der Waals surface area contributed by atoms with Gasteiger partial charge in [-0.1, -0.05) is 6.07 Å². The van der Waals surface area contributed by atoms with E-state index in [1.54, 1.807) is 11.3 Å². The van der Waals surface area contributed by atoms with Crippen LogP contribution in [-0.2, 0) is 0 Å². The van der Waals surface area contributed by atoms with Gasteiger partial charge in [-0.25, -0.2) is 4.98 Å². The number of hydrogen-bond acceptors (Lipinski definition) is 2. The minimum atomic E-state index is 0.983. The van der Waals surface area contributed by atoms with E-state index in [4.69, 9.17) is 0 Å². The SMILES string of the molecule is [c]1ccc2c(c1)ccn2-c1cscn1. The fraction of sp³-hybridized carbons (Fsp3) is 0. The van der Waals surface area contributed by atoms with E-state index in [0.29, 0.717) is 0 Å². The van der Waals surface area contributed by atoms with Gasteiger partial charge in [-0.15, -0.1) is 11.3 Å². The molecule has 0 fully saturated rings. The van der Waals surface area contributed by atoms with Gasteiger partial charge in [0.05, 0.1) is 11.0 Å². The molecule has 0 saturated carbocycles. The highest BCUT2D eigenvalue weighted by molar-refractivity contribution is 7.07. The fourth-order valence-corrected chi connectivity index (χ4v) is 2.07. The van der Waals surface area contributed by atoms with Crippen LogP contribution in [-0.4, -0.2) is 9.55 Å². The highest BCUT2D eigenvalue weighted by Crippen LogP contribution is 2.19. The second-order valence-corrected chi connectivity index (χ2v) is 3.74. The van der Waals surface area contributed by atoms with Gasteiger partial charge in [-0.3, -0.25) is 0 Å². The van der Waals surface area contributed by atoms with Crippen molar-refractivity contribution < 1.29 is 0 Å². The Hall–Kier alpha value is -1.61. The molecular weight excluding hydrogens is 192 g/mol. The van der Waals surface area contributed by atoms with Crippen LogP contribution >= 0.6 is 11.3 Å². The molecule has 2 nitrogen and oxygen atoms in total. The van der Waals surface area contributed by atoms with E-state index < -0.39 is 0 Å². The Balaban J connectivity index is 2.33. The summed E-state index contributed by atoms with van der Waals surface area (Å²) >= 11 is 1.61. The van der Waals surface area contributed by atoms with Gasteiger partial charge in [-0.05, 0) is 24.3 Å². The van der Waals surface area contributed by atoms with E-state index in [1.165, 1.54) is 10.9 Å². The molecule has 2 aromatic heterocycles. The van der Waals surface area contributed by atoms with Gasteiger partial charge in [0.25, 0.3) is 0 Å². The first-order valence-corrected chi connectivity index (χ1v) is 5.25. The molecule has 0 atom stereocenters. The second kappa shape index (κ2) is 2.96. The van der Waals surface area contributed by atoms with Crippen LogP contribution in [0.15, 0.2) is 41.4 Å². The summed E-state index contributed by atoms with van der Waals surface area (Å²) < 4.78 is 2.08. The smallest absolute Gasteiger partial charge is 0.148 e. The Morgan fingerprint density at radius 3 is 3.21 bits per heavy atom. The van der Waals surface area contributed by atoms with Gasteiger partial charge in [-0.2, -0.15) is 0 Å². The summed E-state index contributed by atoms with van der Waals surface area (Å²) in [6.45, 7) is 0. The van der Waals surface area contributed by atoms with E-state index in [1.807, 2.05) is 29.2 Å². The zero-order valence-corrected chi connectivity index (χ0v) is 8.16. The first-order chi connectivity index (χ1) is 6.95. The highest BCUT2D eigenvalue weighted by Gasteiger charge is 2.02. The monoisotopic (exact) mass is 199 g/mol. The zero-order valence-electron chi connectivity index (χ0n) is 7.34. The van der Waals surface area contributed by atoms with Crippen molar-refractivity contribution in [2.75, 3.05) is 0 Å². The number of benzene rings is 1. The van der Waals surface area contributed by atoms with E-state index >= 15 is 0 Å². The first kappa shape index (κ1) is 7.76. The number of rotatable bonds is 1. The maximum Gasteiger partial charge on any atom is 0.148 e. The van der Waals surface area contributed by atoms with Gasteiger partial charge < -0.3 is 4.57 Å². The number of thiazole rings is 1. The normalized spacial score (nSPS) is 10.9. The minimum Gasteiger partial charge on any atom is -0.301 e. The lowest BCUT2D eigenvalue weighted by Gasteiger charge is -1.99. The minimum absolute atomic E-state index is 0.983. The molecule has 14 heavy (non-hydrogen) atoms. The molecule has 67 valence electrons. The fourth-order valence-electron chi connectivity index (χ4n) is 1.55. The van der Waals surface area contributed by atoms with Crippen LogP contribution in [0.1, 0.15) is 0 Å². The molecule has 3 rings (SSSR count). The second-order valence-electron chi connectivity index (χ2n) is 3.02. The predicted molar refractivity (Wildman–Crippen MR) is 57.8 cm³/mol. The third kappa shape index (κ3) is 1.06. The molecule has 2 heterocycles. The Morgan fingerprint density at radius 2 is 2.36 bits per heavy atom. The van der Waals surface area contributed by atoms with E-state index in [9.17, 15) is 0 Å². The largest absolute Gasteiger partial charge is 0.301 e. The molecule has 0 aliphatic rings. The van der Waals surface area contributed by atoms with Gasteiger partial charge in [0.15, 0.2) is 0 Å². The quantitative estimate of drug-likeness (QED) is 0.589. The van der Waals surface area contributed by atoms with Crippen molar-refractivity contribution in [1.29, 1.82) is 0 Å². The van der Waals surface area contributed by atoms with Crippen LogP contribution in [0.4, 0.5) is 0 Å². The van der Waals surface area contributed by atoms with Crippen molar-refractivity contribution in [3.8, 4) is 5.82 Å². The molecule has 0 aliphatic heterocycles. The van der Waals surface area contributed by atoms with Crippen LogP contribution in [0.5, 0.6) is 0 Å². The molecule has 0 bridgehead atoms. The third-order valence-corrected chi connectivity index (χ3v) is 2.77. The lowest BCUT2D eigenvalue weighted by molar-refractivity contribution is 1.07. The summed E-state index contributed by atoms with van der Waals surface area (Å²) in [5.41, 5.74) is 3.02. The van der Waals surface area contributed by atoms with Crippen LogP contribution in [0.2, 0.25) is 0 Å². The van der Waals surface area contributed by atoms with Crippen LogP contribution in [0.25, 0.3) is 16.7 Å². The topological polar surface area (TPSA) is 17.8 Å². The van der Waals surface area contributed by atoms with Gasteiger partial charge in [0.1, 0.15) is 5.82 Å². The molecule has 0 N–H and O–H groups in total. The van der Waals surface area contributed by atoms with Crippen LogP contribution < -0.4 is 0 Å². The summed E-state index contributed by atoms with van der Waals surface area (Å²) in [4.78, 5) is 4.28. The van der Waals surface area contributed by atoms with E-state index in [0.717, 1.165) is 5.82 Å². The Labute approximate surface area is 85.4 Å². The Kier molecular flexibility index (Phi) is 1.64. The highest BCUT2D eigenvalue weighted by atomic mass is 32.1. The predicted octanol–water partition coefficient (Wildman–Crippen LogP) is 2.89. The molecular formula is C11H7N2S. The zero-order chi connectivity index (χ0) is 9.38. The van der Waals surface area contributed by atoms with Crippen molar-refractivity contribution in [2.24, 2.45) is 0 Å². The molecule has 1 radical (unpaired) electrons. The summed E-state index contributed by atoms with van der Waals surface area (Å²) in [5.74, 6) is 0.983. The number of fused-ring (bicyclic) bond motifs is 1. The Bertz CT molecular complexity index is 551. The summed E-state index contributed by atoms with van der Waals surface area (Å²) in [6.07, 6.45) is 2.04. The molecule has 3 heteroatoms.